The zero-order valence-corrected chi connectivity index (χ0v) is 10.6. The van der Waals surface area contributed by atoms with Crippen LogP contribution in [0.2, 0.25) is 0 Å². The molecule has 0 aliphatic heterocycles. The number of hydrogen-bond donors (Lipinski definition) is 1. The van der Waals surface area contributed by atoms with E-state index in [1.165, 1.54) is 4.90 Å². The van der Waals surface area contributed by atoms with E-state index in [9.17, 15) is 13.6 Å². The van der Waals surface area contributed by atoms with E-state index < -0.39 is 18.5 Å². The van der Waals surface area contributed by atoms with Gasteiger partial charge in [0.1, 0.15) is 5.52 Å². The van der Waals surface area contributed by atoms with Crippen molar-refractivity contribution in [2.24, 2.45) is 0 Å². The number of aromatic nitrogens is 3. The highest BCUT2D eigenvalue weighted by atomic mass is 19.3. The van der Waals surface area contributed by atoms with Crippen LogP contribution in [-0.4, -0.2) is 51.1 Å². The summed E-state index contributed by atoms with van der Waals surface area (Å²) in [5, 5.41) is 16.8. The van der Waals surface area contributed by atoms with Gasteiger partial charge in [0, 0.05) is 6.54 Å². The van der Waals surface area contributed by atoms with Crippen LogP contribution < -0.4 is 5.56 Å². The van der Waals surface area contributed by atoms with Gasteiger partial charge in [-0.05, 0) is 12.1 Å². The van der Waals surface area contributed by atoms with Crippen LogP contribution in [0.5, 0.6) is 0 Å². The van der Waals surface area contributed by atoms with Crippen molar-refractivity contribution in [2.45, 2.75) is 13.1 Å². The van der Waals surface area contributed by atoms with Crippen LogP contribution in [0.25, 0.3) is 10.9 Å². The average Bonchev–Trinajstić information content (AvgIpc) is 2.42. The molecule has 6 nitrogen and oxygen atoms in total. The molecule has 0 unspecified atom stereocenters. The lowest BCUT2D eigenvalue weighted by atomic mass is 10.2. The van der Waals surface area contributed by atoms with Gasteiger partial charge in [-0.25, -0.2) is 8.78 Å². The first-order chi connectivity index (χ1) is 9.61. The van der Waals surface area contributed by atoms with Crippen molar-refractivity contribution >= 4 is 10.9 Å². The molecule has 1 aromatic carbocycles. The summed E-state index contributed by atoms with van der Waals surface area (Å²) >= 11 is 0. The Bertz CT molecular complexity index is 632. The van der Waals surface area contributed by atoms with Crippen LogP contribution in [0.4, 0.5) is 8.78 Å². The van der Waals surface area contributed by atoms with E-state index in [-0.39, 0.29) is 19.8 Å². The lowest BCUT2D eigenvalue weighted by Crippen LogP contribution is -2.38. The predicted octanol–water partition coefficient (Wildman–Crippen LogP) is 0.308. The highest BCUT2D eigenvalue weighted by Crippen LogP contribution is 2.04. The van der Waals surface area contributed by atoms with Gasteiger partial charge in [0.25, 0.3) is 12.0 Å². The van der Waals surface area contributed by atoms with Gasteiger partial charge in [-0.1, -0.05) is 17.3 Å². The normalized spacial score (nSPS) is 11.7. The molecule has 0 saturated carbocycles. The third kappa shape index (κ3) is 3.34. The monoisotopic (exact) mass is 284 g/mol. The predicted molar refractivity (Wildman–Crippen MR) is 68.5 cm³/mol. The van der Waals surface area contributed by atoms with Gasteiger partial charge in [-0.15, -0.1) is 5.10 Å². The number of rotatable bonds is 6. The summed E-state index contributed by atoms with van der Waals surface area (Å²) in [4.78, 5) is 13.4. The summed E-state index contributed by atoms with van der Waals surface area (Å²) in [5.74, 6) is 0. The summed E-state index contributed by atoms with van der Waals surface area (Å²) in [5.41, 5.74) is 0.0594. The molecule has 0 bridgehead atoms. The van der Waals surface area contributed by atoms with E-state index in [1.54, 1.807) is 24.3 Å². The lowest BCUT2D eigenvalue weighted by Gasteiger charge is -2.20. The van der Waals surface area contributed by atoms with Gasteiger partial charge >= 0.3 is 0 Å². The third-order valence-corrected chi connectivity index (χ3v) is 2.78. The fourth-order valence-corrected chi connectivity index (χ4v) is 1.86. The second-order valence-electron chi connectivity index (χ2n) is 4.24. The van der Waals surface area contributed by atoms with Crippen LogP contribution in [0, 0.1) is 0 Å². The fourth-order valence-electron chi connectivity index (χ4n) is 1.86. The van der Waals surface area contributed by atoms with E-state index in [0.717, 1.165) is 4.68 Å². The second kappa shape index (κ2) is 6.49. The van der Waals surface area contributed by atoms with E-state index in [1.807, 2.05) is 0 Å². The maximum atomic E-state index is 12.4. The maximum absolute atomic E-state index is 12.4. The fraction of sp³-hybridized carbons (Fsp3) is 0.417. The van der Waals surface area contributed by atoms with Crippen molar-refractivity contribution in [3.05, 3.63) is 34.6 Å². The first-order valence-electron chi connectivity index (χ1n) is 6.05. The minimum atomic E-state index is -2.55. The molecule has 20 heavy (non-hydrogen) atoms. The Balaban J connectivity index is 2.28. The largest absolute Gasteiger partial charge is 0.395 e. The first kappa shape index (κ1) is 14.5. The van der Waals surface area contributed by atoms with Crippen LogP contribution in [-0.2, 0) is 6.67 Å². The number of halogens is 2. The number of fused-ring (bicyclic) bond motifs is 1. The van der Waals surface area contributed by atoms with Crippen molar-refractivity contribution in [3.63, 3.8) is 0 Å². The first-order valence-corrected chi connectivity index (χ1v) is 6.05. The lowest BCUT2D eigenvalue weighted by molar-refractivity contribution is 0.0581. The minimum absolute atomic E-state index is 0.0330. The highest BCUT2D eigenvalue weighted by Gasteiger charge is 2.14. The summed E-state index contributed by atoms with van der Waals surface area (Å²) in [6.45, 7) is -0.920. The number of nitrogens with zero attached hydrogens (tertiary/aromatic N) is 4. The van der Waals surface area contributed by atoms with Crippen molar-refractivity contribution in [2.75, 3.05) is 19.7 Å². The Morgan fingerprint density at radius 2 is 2.10 bits per heavy atom. The standard InChI is InChI=1S/C12H14F2N4O2/c13-11(14)7-17(5-6-19)8-18-12(20)9-3-1-2-4-10(9)15-16-18/h1-4,11,19H,5-8H2. The van der Waals surface area contributed by atoms with Crippen LogP contribution in [0.3, 0.4) is 0 Å². The molecular formula is C12H14F2N4O2. The zero-order chi connectivity index (χ0) is 14.5. The van der Waals surface area contributed by atoms with Gasteiger partial charge in [0.15, 0.2) is 0 Å². The van der Waals surface area contributed by atoms with Crippen LogP contribution in [0.15, 0.2) is 29.1 Å². The SMILES string of the molecule is O=c1c2ccccc2nnn1CN(CCO)CC(F)F. The molecule has 0 aliphatic rings. The van der Waals surface area contributed by atoms with Crippen LogP contribution in [0.1, 0.15) is 0 Å². The van der Waals surface area contributed by atoms with Crippen LogP contribution >= 0.6 is 0 Å². The Hall–Kier alpha value is -1.93. The highest BCUT2D eigenvalue weighted by molar-refractivity contribution is 5.76. The van der Waals surface area contributed by atoms with Crippen molar-refractivity contribution < 1.29 is 13.9 Å². The smallest absolute Gasteiger partial charge is 0.278 e. The maximum Gasteiger partial charge on any atom is 0.278 e. The van der Waals surface area contributed by atoms with E-state index in [0.29, 0.717) is 10.9 Å². The molecule has 0 spiro atoms. The molecule has 2 rings (SSSR count). The molecule has 1 heterocycles. The van der Waals surface area contributed by atoms with Crippen molar-refractivity contribution in [3.8, 4) is 0 Å². The van der Waals surface area contributed by atoms with Gasteiger partial charge in [0.2, 0.25) is 0 Å². The van der Waals surface area contributed by atoms with Crippen molar-refractivity contribution in [1.82, 2.24) is 19.9 Å². The average molecular weight is 284 g/mol. The molecule has 0 aliphatic carbocycles. The van der Waals surface area contributed by atoms with E-state index in [4.69, 9.17) is 5.11 Å². The third-order valence-electron chi connectivity index (χ3n) is 2.78. The number of aliphatic hydroxyl groups excluding tert-OH is 1. The van der Waals surface area contributed by atoms with Crippen molar-refractivity contribution in [1.29, 1.82) is 0 Å². The van der Waals surface area contributed by atoms with E-state index in [2.05, 4.69) is 10.3 Å². The van der Waals surface area contributed by atoms with Gasteiger partial charge < -0.3 is 5.11 Å². The number of hydrogen-bond acceptors (Lipinski definition) is 5. The molecule has 0 fully saturated rings. The summed E-state index contributed by atoms with van der Waals surface area (Å²) in [7, 11) is 0. The zero-order valence-electron chi connectivity index (χ0n) is 10.6. The second-order valence-corrected chi connectivity index (χ2v) is 4.24. The molecular weight excluding hydrogens is 270 g/mol. The number of benzene rings is 1. The summed E-state index contributed by atoms with van der Waals surface area (Å²) < 4.78 is 25.8. The molecule has 0 radical (unpaired) electrons. The Morgan fingerprint density at radius 1 is 1.35 bits per heavy atom. The number of alkyl halides is 2. The Labute approximate surface area is 113 Å². The molecule has 1 N–H and O–H groups in total. The molecule has 108 valence electrons. The molecule has 8 heteroatoms. The molecule has 0 saturated heterocycles. The summed E-state index contributed by atoms with van der Waals surface area (Å²) in [6, 6.07) is 6.68. The van der Waals surface area contributed by atoms with Gasteiger partial charge in [0.05, 0.1) is 25.2 Å². The molecule has 1 aromatic heterocycles. The quantitative estimate of drug-likeness (QED) is 0.826. The molecule has 2 aromatic rings. The molecule has 0 amide bonds. The topological polar surface area (TPSA) is 71.2 Å². The van der Waals surface area contributed by atoms with E-state index >= 15 is 0 Å². The summed E-state index contributed by atoms with van der Waals surface area (Å²) in [6.07, 6.45) is -2.55. The number of aliphatic hydroxyl groups is 1. The minimum Gasteiger partial charge on any atom is -0.395 e. The van der Waals surface area contributed by atoms with Gasteiger partial charge in [-0.2, -0.15) is 4.68 Å². The Morgan fingerprint density at radius 3 is 2.80 bits per heavy atom. The van der Waals surface area contributed by atoms with Gasteiger partial charge in [-0.3, -0.25) is 9.69 Å². The molecule has 0 atom stereocenters. The Kier molecular flexibility index (Phi) is 4.70.